The summed E-state index contributed by atoms with van der Waals surface area (Å²) in [7, 11) is 0. The van der Waals surface area contributed by atoms with E-state index in [0.29, 0.717) is 12.4 Å². The topological polar surface area (TPSA) is 28.2 Å². The zero-order chi connectivity index (χ0) is 15.5. The molecule has 0 amide bonds. The lowest BCUT2D eigenvalue weighted by Crippen LogP contribution is -2.37. The molecule has 0 unspecified atom stereocenters. The summed E-state index contributed by atoms with van der Waals surface area (Å²) < 4.78 is 38.1. The highest BCUT2D eigenvalue weighted by atomic mass is 19.4. The zero-order valence-electron chi connectivity index (χ0n) is 12.5. The van der Waals surface area contributed by atoms with Gasteiger partial charge in [-0.05, 0) is 49.9 Å². The number of alkyl halides is 3. The molecular weight excluding hydrogens is 279 g/mol. The maximum atomic E-state index is 12.7. The molecule has 118 valence electrons. The average molecular weight is 301 g/mol. The van der Waals surface area contributed by atoms with Gasteiger partial charge in [-0.25, -0.2) is 4.98 Å². The number of nitrogens with one attached hydrogen (secondary N) is 1. The third-order valence-electron chi connectivity index (χ3n) is 3.47. The van der Waals surface area contributed by atoms with Gasteiger partial charge in [0.25, 0.3) is 0 Å². The molecule has 21 heavy (non-hydrogen) atoms. The van der Waals surface area contributed by atoms with Gasteiger partial charge in [0.1, 0.15) is 12.4 Å². The van der Waals surface area contributed by atoms with E-state index in [4.69, 9.17) is 0 Å². The van der Waals surface area contributed by atoms with Gasteiger partial charge >= 0.3 is 6.18 Å². The second kappa shape index (κ2) is 6.64. The van der Waals surface area contributed by atoms with Crippen LogP contribution in [0.3, 0.4) is 0 Å². The molecule has 6 heteroatoms. The number of halogens is 3. The van der Waals surface area contributed by atoms with Crippen LogP contribution in [0.25, 0.3) is 0 Å². The first-order chi connectivity index (χ1) is 9.90. The van der Waals surface area contributed by atoms with E-state index in [-0.39, 0.29) is 6.04 Å². The monoisotopic (exact) mass is 301 g/mol. The average Bonchev–Trinajstić information content (AvgIpc) is 3.20. The molecule has 0 radical (unpaired) electrons. The lowest BCUT2D eigenvalue weighted by molar-refractivity contribution is -0.120. The van der Waals surface area contributed by atoms with Gasteiger partial charge < -0.3 is 10.2 Å². The lowest BCUT2D eigenvalue weighted by atomic mass is 10.2. The first-order valence-electron chi connectivity index (χ1n) is 7.40. The third-order valence-corrected chi connectivity index (χ3v) is 3.47. The van der Waals surface area contributed by atoms with E-state index in [2.05, 4.69) is 17.2 Å². The minimum atomic E-state index is -4.20. The Labute approximate surface area is 123 Å². The molecule has 1 fully saturated rings. The normalized spacial score (nSPS) is 15.3. The van der Waals surface area contributed by atoms with Gasteiger partial charge in [0.05, 0.1) is 0 Å². The van der Waals surface area contributed by atoms with Crippen molar-refractivity contribution >= 4 is 5.82 Å². The van der Waals surface area contributed by atoms with E-state index >= 15 is 0 Å². The van der Waals surface area contributed by atoms with Crippen molar-refractivity contribution in [3.63, 3.8) is 0 Å². The number of nitrogens with zero attached hydrogens (tertiary/aromatic N) is 2. The highest BCUT2D eigenvalue weighted by Crippen LogP contribution is 2.34. The Morgan fingerprint density at radius 3 is 2.62 bits per heavy atom. The summed E-state index contributed by atoms with van der Waals surface area (Å²) in [5.41, 5.74) is 1.81. The molecule has 0 aromatic carbocycles. The Balaban J connectivity index is 2.10. The van der Waals surface area contributed by atoms with Gasteiger partial charge in [-0.1, -0.05) is 6.92 Å². The molecule has 2 rings (SSSR count). The van der Waals surface area contributed by atoms with Crippen molar-refractivity contribution in [2.45, 2.75) is 51.9 Å². The van der Waals surface area contributed by atoms with E-state index in [1.807, 2.05) is 13.0 Å². The number of aryl methyl sites for hydroxylation is 1. The summed E-state index contributed by atoms with van der Waals surface area (Å²) in [6.45, 7) is 4.62. The van der Waals surface area contributed by atoms with Crippen molar-refractivity contribution in [1.29, 1.82) is 0 Å². The number of rotatable bonds is 7. The fourth-order valence-electron chi connectivity index (χ4n) is 2.39. The molecule has 3 nitrogen and oxygen atoms in total. The first kappa shape index (κ1) is 16.1. The fourth-order valence-corrected chi connectivity index (χ4v) is 2.39. The van der Waals surface area contributed by atoms with E-state index < -0.39 is 12.7 Å². The zero-order valence-corrected chi connectivity index (χ0v) is 12.5. The van der Waals surface area contributed by atoms with Gasteiger partial charge in [0.15, 0.2) is 0 Å². The molecule has 1 heterocycles. The molecule has 1 aromatic heterocycles. The molecule has 1 saturated carbocycles. The molecule has 0 spiro atoms. The van der Waals surface area contributed by atoms with Crippen molar-refractivity contribution in [3.05, 3.63) is 23.4 Å². The third kappa shape index (κ3) is 4.88. The van der Waals surface area contributed by atoms with Gasteiger partial charge in [-0.3, -0.25) is 0 Å². The summed E-state index contributed by atoms with van der Waals surface area (Å²) in [5, 5.41) is 3.27. The second-order valence-corrected chi connectivity index (χ2v) is 5.64. The van der Waals surface area contributed by atoms with Gasteiger partial charge in [0.2, 0.25) is 0 Å². The van der Waals surface area contributed by atoms with Crippen LogP contribution in [-0.2, 0) is 6.54 Å². The van der Waals surface area contributed by atoms with Gasteiger partial charge in [-0.15, -0.1) is 0 Å². The molecular formula is C15H22F3N3. The summed E-state index contributed by atoms with van der Waals surface area (Å²) in [5.74, 6) is 0.467. The fraction of sp³-hybridized carbons (Fsp3) is 0.667. The summed E-state index contributed by atoms with van der Waals surface area (Å²) in [4.78, 5) is 5.69. The smallest absolute Gasteiger partial charge is 0.344 e. The van der Waals surface area contributed by atoms with E-state index in [1.54, 1.807) is 6.20 Å². The SMILES string of the molecule is CCCNCc1cnc(N(CC(F)(F)F)C2CC2)c(C)c1. The van der Waals surface area contributed by atoms with Crippen LogP contribution < -0.4 is 10.2 Å². The molecule has 1 N–H and O–H groups in total. The van der Waals surface area contributed by atoms with Crippen LogP contribution in [0.1, 0.15) is 37.3 Å². The molecule has 0 bridgehead atoms. The molecule has 1 aliphatic rings. The molecule has 0 saturated heterocycles. The van der Waals surface area contributed by atoms with Crippen molar-refractivity contribution in [3.8, 4) is 0 Å². The quantitative estimate of drug-likeness (QED) is 0.782. The van der Waals surface area contributed by atoms with Crippen molar-refractivity contribution < 1.29 is 13.2 Å². The summed E-state index contributed by atoms with van der Waals surface area (Å²) >= 11 is 0. The van der Waals surface area contributed by atoms with E-state index in [0.717, 1.165) is 36.9 Å². The summed E-state index contributed by atoms with van der Waals surface area (Å²) in [6, 6.07) is 1.92. The standard InChI is InChI=1S/C15H22F3N3/c1-3-6-19-8-12-7-11(2)14(20-9-12)21(13-4-5-13)10-15(16,17)18/h7,9,13,19H,3-6,8,10H2,1-2H3. The number of hydrogen-bond donors (Lipinski definition) is 1. The minimum absolute atomic E-state index is 0.0121. The van der Waals surface area contributed by atoms with Crippen molar-refractivity contribution in [2.24, 2.45) is 0 Å². The van der Waals surface area contributed by atoms with Crippen LogP contribution in [0.5, 0.6) is 0 Å². The Morgan fingerprint density at radius 1 is 1.38 bits per heavy atom. The van der Waals surface area contributed by atoms with Crippen LogP contribution in [0, 0.1) is 6.92 Å². The maximum absolute atomic E-state index is 12.7. The molecule has 1 aromatic rings. The summed E-state index contributed by atoms with van der Waals surface area (Å²) in [6.07, 6.45) is 0.161. The molecule has 0 aliphatic heterocycles. The highest BCUT2D eigenvalue weighted by Gasteiger charge is 2.39. The van der Waals surface area contributed by atoms with Crippen LogP contribution in [-0.4, -0.2) is 30.3 Å². The number of anilines is 1. The minimum Gasteiger partial charge on any atom is -0.344 e. The highest BCUT2D eigenvalue weighted by molar-refractivity contribution is 5.49. The lowest BCUT2D eigenvalue weighted by Gasteiger charge is -2.26. The van der Waals surface area contributed by atoms with E-state index in [9.17, 15) is 13.2 Å². The van der Waals surface area contributed by atoms with Crippen LogP contribution in [0.2, 0.25) is 0 Å². The van der Waals surface area contributed by atoms with Crippen LogP contribution >= 0.6 is 0 Å². The Morgan fingerprint density at radius 2 is 2.10 bits per heavy atom. The van der Waals surface area contributed by atoms with Crippen LogP contribution in [0.15, 0.2) is 12.3 Å². The van der Waals surface area contributed by atoms with Gasteiger partial charge in [-0.2, -0.15) is 13.2 Å². The number of aromatic nitrogens is 1. The largest absolute Gasteiger partial charge is 0.405 e. The van der Waals surface area contributed by atoms with Crippen LogP contribution in [0.4, 0.5) is 19.0 Å². The van der Waals surface area contributed by atoms with E-state index in [1.165, 1.54) is 4.90 Å². The Hall–Kier alpha value is -1.30. The number of pyridine rings is 1. The maximum Gasteiger partial charge on any atom is 0.405 e. The predicted octanol–water partition coefficient (Wildman–Crippen LogP) is 3.42. The Bertz CT molecular complexity index is 470. The Kier molecular flexibility index (Phi) is 5.08. The predicted molar refractivity (Wildman–Crippen MR) is 77.4 cm³/mol. The van der Waals surface area contributed by atoms with Gasteiger partial charge in [0, 0.05) is 18.8 Å². The number of hydrogen-bond acceptors (Lipinski definition) is 3. The van der Waals surface area contributed by atoms with Crippen molar-refractivity contribution in [2.75, 3.05) is 18.0 Å². The second-order valence-electron chi connectivity index (χ2n) is 5.64. The van der Waals surface area contributed by atoms with Crippen molar-refractivity contribution in [1.82, 2.24) is 10.3 Å². The first-order valence-corrected chi connectivity index (χ1v) is 7.40. The molecule has 0 atom stereocenters. The molecule has 1 aliphatic carbocycles.